The minimum atomic E-state index is 0.139. The maximum atomic E-state index is 8.86. The SMILES string of the molecule is OCCCn1nncc1-c1ccc2c(c1)OCO2. The van der Waals surface area contributed by atoms with Crippen LogP contribution >= 0.6 is 0 Å². The molecule has 6 nitrogen and oxygen atoms in total. The lowest BCUT2D eigenvalue weighted by molar-refractivity contribution is 0.174. The zero-order valence-corrected chi connectivity index (χ0v) is 9.74. The van der Waals surface area contributed by atoms with Gasteiger partial charge in [-0.15, -0.1) is 5.10 Å². The molecule has 94 valence electrons. The van der Waals surface area contributed by atoms with Crippen molar-refractivity contribution in [3.05, 3.63) is 24.4 Å². The molecular formula is C12H13N3O3. The van der Waals surface area contributed by atoms with Crippen molar-refractivity contribution in [3.63, 3.8) is 0 Å². The molecule has 0 saturated heterocycles. The van der Waals surface area contributed by atoms with Crippen molar-refractivity contribution in [2.24, 2.45) is 0 Å². The molecule has 1 aliphatic rings. The molecule has 0 fully saturated rings. The Morgan fingerprint density at radius 1 is 1.28 bits per heavy atom. The second-order valence-electron chi connectivity index (χ2n) is 3.99. The molecule has 0 amide bonds. The van der Waals surface area contributed by atoms with Gasteiger partial charge in [-0.2, -0.15) is 0 Å². The summed E-state index contributed by atoms with van der Waals surface area (Å²) in [6.07, 6.45) is 2.36. The van der Waals surface area contributed by atoms with Crippen LogP contribution < -0.4 is 9.47 Å². The Balaban J connectivity index is 1.92. The summed E-state index contributed by atoms with van der Waals surface area (Å²) in [4.78, 5) is 0. The molecular weight excluding hydrogens is 234 g/mol. The summed E-state index contributed by atoms with van der Waals surface area (Å²) >= 11 is 0. The zero-order valence-electron chi connectivity index (χ0n) is 9.74. The summed E-state index contributed by atoms with van der Waals surface area (Å²) in [7, 11) is 0. The predicted octanol–water partition coefficient (Wildman–Crippen LogP) is 1.06. The second-order valence-corrected chi connectivity index (χ2v) is 3.99. The van der Waals surface area contributed by atoms with Crippen LogP contribution in [-0.4, -0.2) is 33.5 Å². The van der Waals surface area contributed by atoms with Gasteiger partial charge >= 0.3 is 0 Å². The third kappa shape index (κ3) is 1.91. The van der Waals surface area contributed by atoms with Crippen LogP contribution in [0, 0.1) is 0 Å². The molecule has 1 aliphatic heterocycles. The first kappa shape index (κ1) is 11.0. The normalized spacial score (nSPS) is 12.9. The number of hydrogen-bond donors (Lipinski definition) is 1. The molecule has 0 bridgehead atoms. The Morgan fingerprint density at radius 3 is 3.06 bits per heavy atom. The van der Waals surface area contributed by atoms with E-state index in [1.54, 1.807) is 10.9 Å². The zero-order chi connectivity index (χ0) is 12.4. The lowest BCUT2D eigenvalue weighted by Gasteiger charge is -2.06. The second kappa shape index (κ2) is 4.66. The van der Waals surface area contributed by atoms with E-state index >= 15 is 0 Å². The van der Waals surface area contributed by atoms with Gasteiger partial charge < -0.3 is 14.6 Å². The van der Waals surface area contributed by atoms with Gasteiger partial charge in [0.25, 0.3) is 0 Å². The van der Waals surface area contributed by atoms with E-state index in [4.69, 9.17) is 14.6 Å². The van der Waals surface area contributed by atoms with Crippen LogP contribution in [0.5, 0.6) is 11.5 Å². The van der Waals surface area contributed by atoms with Gasteiger partial charge in [-0.3, -0.25) is 0 Å². The van der Waals surface area contributed by atoms with Crippen molar-refractivity contribution in [1.29, 1.82) is 0 Å². The molecule has 0 saturated carbocycles. The smallest absolute Gasteiger partial charge is 0.231 e. The van der Waals surface area contributed by atoms with Crippen molar-refractivity contribution >= 4 is 0 Å². The Morgan fingerprint density at radius 2 is 2.17 bits per heavy atom. The Bertz CT molecular complexity index is 553. The Hall–Kier alpha value is -2.08. The van der Waals surface area contributed by atoms with E-state index < -0.39 is 0 Å². The maximum absolute atomic E-state index is 8.86. The van der Waals surface area contributed by atoms with Crippen LogP contribution in [0.2, 0.25) is 0 Å². The molecule has 6 heteroatoms. The van der Waals surface area contributed by atoms with Crippen LogP contribution in [0.3, 0.4) is 0 Å². The highest BCUT2D eigenvalue weighted by Crippen LogP contribution is 2.35. The summed E-state index contributed by atoms with van der Waals surface area (Å²) in [6, 6.07) is 5.74. The number of rotatable bonds is 4. The third-order valence-corrected chi connectivity index (χ3v) is 2.81. The molecule has 1 N–H and O–H groups in total. The number of hydrogen-bond acceptors (Lipinski definition) is 5. The van der Waals surface area contributed by atoms with Gasteiger partial charge in [0.1, 0.15) is 0 Å². The topological polar surface area (TPSA) is 69.4 Å². The first-order valence-electron chi connectivity index (χ1n) is 5.78. The molecule has 1 aromatic heterocycles. The number of ether oxygens (including phenoxy) is 2. The first-order valence-corrected chi connectivity index (χ1v) is 5.78. The number of aryl methyl sites for hydroxylation is 1. The van der Waals surface area contributed by atoms with Crippen molar-refractivity contribution < 1.29 is 14.6 Å². The highest BCUT2D eigenvalue weighted by atomic mass is 16.7. The fraction of sp³-hybridized carbons (Fsp3) is 0.333. The molecule has 0 aliphatic carbocycles. The number of fused-ring (bicyclic) bond motifs is 1. The van der Waals surface area contributed by atoms with Gasteiger partial charge in [-0.1, -0.05) is 5.21 Å². The van der Waals surface area contributed by atoms with E-state index in [0.717, 1.165) is 22.8 Å². The highest BCUT2D eigenvalue weighted by molar-refractivity contribution is 5.63. The first-order chi connectivity index (χ1) is 8.88. The predicted molar refractivity (Wildman–Crippen MR) is 63.3 cm³/mol. The van der Waals surface area contributed by atoms with E-state index in [0.29, 0.717) is 13.0 Å². The van der Waals surface area contributed by atoms with Gasteiger partial charge in [-0.05, 0) is 24.6 Å². The number of nitrogens with zero attached hydrogens (tertiary/aromatic N) is 3. The minimum absolute atomic E-state index is 0.139. The molecule has 18 heavy (non-hydrogen) atoms. The lowest BCUT2D eigenvalue weighted by atomic mass is 10.1. The summed E-state index contributed by atoms with van der Waals surface area (Å²) in [6.45, 7) is 1.04. The summed E-state index contributed by atoms with van der Waals surface area (Å²) in [5.74, 6) is 1.50. The van der Waals surface area contributed by atoms with E-state index in [-0.39, 0.29) is 13.4 Å². The molecule has 0 radical (unpaired) electrons. The van der Waals surface area contributed by atoms with Gasteiger partial charge in [0.05, 0.1) is 11.9 Å². The molecule has 2 aromatic rings. The molecule has 0 spiro atoms. The van der Waals surface area contributed by atoms with Crippen molar-refractivity contribution in [2.45, 2.75) is 13.0 Å². The van der Waals surface area contributed by atoms with E-state index in [1.807, 2.05) is 18.2 Å². The van der Waals surface area contributed by atoms with Crippen molar-refractivity contribution in [3.8, 4) is 22.8 Å². The fourth-order valence-electron chi connectivity index (χ4n) is 1.92. The summed E-state index contributed by atoms with van der Waals surface area (Å²) in [5, 5.41) is 16.8. The van der Waals surface area contributed by atoms with Gasteiger partial charge in [0, 0.05) is 18.7 Å². The summed E-state index contributed by atoms with van der Waals surface area (Å²) < 4.78 is 12.4. The third-order valence-electron chi connectivity index (χ3n) is 2.81. The van der Waals surface area contributed by atoms with Crippen LogP contribution in [-0.2, 0) is 6.54 Å². The van der Waals surface area contributed by atoms with Crippen LogP contribution in [0.4, 0.5) is 0 Å². The van der Waals surface area contributed by atoms with E-state index in [2.05, 4.69) is 10.3 Å². The van der Waals surface area contributed by atoms with E-state index in [9.17, 15) is 0 Å². The minimum Gasteiger partial charge on any atom is -0.454 e. The molecule has 0 unspecified atom stereocenters. The van der Waals surface area contributed by atoms with Gasteiger partial charge in [-0.25, -0.2) is 4.68 Å². The van der Waals surface area contributed by atoms with Crippen LogP contribution in [0.15, 0.2) is 24.4 Å². The molecule has 3 rings (SSSR count). The van der Waals surface area contributed by atoms with Crippen LogP contribution in [0.1, 0.15) is 6.42 Å². The number of benzene rings is 1. The number of aliphatic hydroxyl groups is 1. The number of aromatic nitrogens is 3. The number of aliphatic hydroxyl groups excluding tert-OH is 1. The monoisotopic (exact) mass is 247 g/mol. The van der Waals surface area contributed by atoms with Crippen molar-refractivity contribution in [1.82, 2.24) is 15.0 Å². The Labute approximate surface area is 104 Å². The fourth-order valence-corrected chi connectivity index (χ4v) is 1.92. The van der Waals surface area contributed by atoms with Gasteiger partial charge in [0.2, 0.25) is 6.79 Å². The van der Waals surface area contributed by atoms with Gasteiger partial charge in [0.15, 0.2) is 11.5 Å². The standard InChI is InChI=1S/C12H13N3O3/c16-5-1-4-15-10(7-13-14-15)9-2-3-11-12(6-9)18-8-17-11/h2-3,6-7,16H,1,4-5,8H2. The average Bonchev–Trinajstić information content (AvgIpc) is 3.03. The van der Waals surface area contributed by atoms with E-state index in [1.165, 1.54) is 0 Å². The molecule has 2 heterocycles. The lowest BCUT2D eigenvalue weighted by Crippen LogP contribution is -2.04. The Kier molecular flexibility index (Phi) is 2.85. The maximum Gasteiger partial charge on any atom is 0.231 e. The molecule has 0 atom stereocenters. The molecule has 1 aromatic carbocycles. The quantitative estimate of drug-likeness (QED) is 0.874. The highest BCUT2D eigenvalue weighted by Gasteiger charge is 2.15. The largest absolute Gasteiger partial charge is 0.454 e. The van der Waals surface area contributed by atoms with Crippen LogP contribution in [0.25, 0.3) is 11.3 Å². The summed E-state index contributed by atoms with van der Waals surface area (Å²) in [5.41, 5.74) is 1.88. The average molecular weight is 247 g/mol. The van der Waals surface area contributed by atoms with Crippen molar-refractivity contribution in [2.75, 3.05) is 13.4 Å².